The average molecular weight is 1060 g/mol. The SMILES string of the molecule is Cc1cc(C)cc(-c2ccc3c(c2)c2cc(-c4cc(C)cc(C)c4)ccc2n3-c2cc(-c3nc(-c4ccccc4)nc(-c4ccccc4)n3)cc(-n3c4ccc(-c5cc(C)cc(C)c5)cc4c4cc(-c5cc(C)cc(C)c5)ccc43)c2)c1. The third-order valence-electron chi connectivity index (χ3n) is 16.1. The van der Waals surface area contributed by atoms with Crippen LogP contribution in [-0.2, 0) is 0 Å². The minimum absolute atomic E-state index is 0.584. The Balaban J connectivity index is 1.08. The molecule has 0 unspecified atom stereocenters. The van der Waals surface area contributed by atoms with E-state index in [1.165, 1.54) is 111 Å². The summed E-state index contributed by atoms with van der Waals surface area (Å²) in [6.45, 7) is 17.5. The van der Waals surface area contributed by atoms with Crippen molar-refractivity contribution in [1.29, 1.82) is 0 Å². The van der Waals surface area contributed by atoms with Gasteiger partial charge in [-0.05, 0) is 167 Å². The van der Waals surface area contributed by atoms with Gasteiger partial charge in [0.1, 0.15) is 0 Å². The second-order valence-electron chi connectivity index (χ2n) is 22.9. The summed E-state index contributed by atoms with van der Waals surface area (Å²) in [6, 6.07) is 82.9. The fourth-order valence-electron chi connectivity index (χ4n) is 12.8. The lowest BCUT2D eigenvalue weighted by Crippen LogP contribution is -2.03. The first-order valence-electron chi connectivity index (χ1n) is 28.4. The van der Waals surface area contributed by atoms with E-state index in [1.54, 1.807) is 0 Å². The maximum absolute atomic E-state index is 5.39. The minimum Gasteiger partial charge on any atom is -0.309 e. The lowest BCUT2D eigenvalue weighted by molar-refractivity contribution is 1.07. The molecule has 0 saturated carbocycles. The molecule has 14 rings (SSSR count). The Morgan fingerprint density at radius 2 is 0.463 bits per heavy atom. The van der Waals surface area contributed by atoms with Crippen molar-refractivity contribution in [2.24, 2.45) is 0 Å². The van der Waals surface area contributed by atoms with Crippen molar-refractivity contribution in [3.8, 4) is 90.0 Å². The van der Waals surface area contributed by atoms with Crippen LogP contribution >= 0.6 is 0 Å². The van der Waals surface area contributed by atoms with E-state index in [1.807, 2.05) is 36.4 Å². The van der Waals surface area contributed by atoms with Crippen LogP contribution in [0.1, 0.15) is 44.5 Å². The van der Waals surface area contributed by atoms with Crippen LogP contribution in [0.2, 0.25) is 0 Å². The van der Waals surface area contributed by atoms with Gasteiger partial charge in [0.05, 0.1) is 22.1 Å². The average Bonchev–Trinajstić information content (AvgIpc) is 3.07. The van der Waals surface area contributed by atoms with E-state index < -0.39 is 0 Å². The van der Waals surface area contributed by atoms with E-state index in [4.69, 9.17) is 15.0 Å². The smallest absolute Gasteiger partial charge is 0.164 e. The van der Waals surface area contributed by atoms with Crippen molar-refractivity contribution in [1.82, 2.24) is 24.1 Å². The molecule has 14 aromatic rings. The number of hydrogen-bond donors (Lipinski definition) is 0. The van der Waals surface area contributed by atoms with Gasteiger partial charge < -0.3 is 9.13 Å². The summed E-state index contributed by atoms with van der Waals surface area (Å²) < 4.78 is 4.91. The van der Waals surface area contributed by atoms with Gasteiger partial charge in [0.2, 0.25) is 0 Å². The lowest BCUT2D eigenvalue weighted by atomic mass is 9.97. The van der Waals surface area contributed by atoms with E-state index in [0.29, 0.717) is 17.5 Å². The van der Waals surface area contributed by atoms with E-state index >= 15 is 0 Å². The number of aromatic nitrogens is 5. The van der Waals surface area contributed by atoms with Gasteiger partial charge >= 0.3 is 0 Å². The molecular formula is C77H61N5. The standard InChI is InChI=1S/C77H61N5/c1-46-27-47(2)32-60(31-46)56-19-23-71-67(41-56)68-42-57(61-33-48(3)28-49(4)34-61)20-24-72(68)81(71)65-39-64(77-79-75(54-15-11-9-12-16-54)78-76(80-77)55-17-13-10-14-18-55)40-66(45-65)82-73-25-21-58(62-35-50(5)29-51(6)36-62)43-69(73)70-44-59(22-26-74(70)82)63-37-52(7)30-53(8)38-63/h9-45H,1-8H3. The van der Waals surface area contributed by atoms with E-state index in [-0.39, 0.29) is 0 Å². The summed E-state index contributed by atoms with van der Waals surface area (Å²) in [5.74, 6) is 1.81. The first kappa shape index (κ1) is 50.3. The van der Waals surface area contributed by atoms with Crippen molar-refractivity contribution in [3.05, 3.63) is 269 Å². The van der Waals surface area contributed by atoms with Crippen LogP contribution in [0.25, 0.3) is 134 Å². The second-order valence-corrected chi connectivity index (χ2v) is 22.9. The number of benzene rings is 11. The van der Waals surface area contributed by atoms with E-state index in [9.17, 15) is 0 Å². The normalized spacial score (nSPS) is 11.7. The molecule has 0 atom stereocenters. The van der Waals surface area contributed by atoms with Gasteiger partial charge in [0, 0.05) is 49.6 Å². The molecule has 0 saturated heterocycles. The first-order chi connectivity index (χ1) is 39.8. The summed E-state index contributed by atoms with van der Waals surface area (Å²) in [4.78, 5) is 15.9. The van der Waals surface area contributed by atoms with Crippen molar-refractivity contribution >= 4 is 43.6 Å². The lowest BCUT2D eigenvalue weighted by Gasteiger charge is -2.16. The highest BCUT2D eigenvalue weighted by molar-refractivity contribution is 6.13. The topological polar surface area (TPSA) is 48.5 Å². The molecule has 5 heteroatoms. The zero-order valence-electron chi connectivity index (χ0n) is 47.6. The molecule has 0 aliphatic heterocycles. The predicted molar refractivity (Wildman–Crippen MR) is 344 cm³/mol. The quantitative estimate of drug-likeness (QED) is 0.145. The Morgan fingerprint density at radius 1 is 0.207 bits per heavy atom. The van der Waals surface area contributed by atoms with Crippen LogP contribution in [0.3, 0.4) is 0 Å². The second kappa shape index (κ2) is 20.0. The van der Waals surface area contributed by atoms with Crippen LogP contribution in [-0.4, -0.2) is 24.1 Å². The number of aryl methyl sites for hydroxylation is 8. The molecule has 82 heavy (non-hydrogen) atoms. The predicted octanol–water partition coefficient (Wildman–Crippen LogP) is 20.2. The maximum Gasteiger partial charge on any atom is 0.164 e. The number of nitrogens with zero attached hydrogens (tertiary/aromatic N) is 5. The molecular weight excluding hydrogens is 995 g/mol. The summed E-state index contributed by atoms with van der Waals surface area (Å²) in [5, 5.41) is 4.71. The largest absolute Gasteiger partial charge is 0.309 e. The third kappa shape index (κ3) is 9.24. The number of rotatable bonds is 9. The van der Waals surface area contributed by atoms with Crippen LogP contribution in [0.5, 0.6) is 0 Å². The third-order valence-corrected chi connectivity index (χ3v) is 16.1. The van der Waals surface area contributed by atoms with Crippen molar-refractivity contribution in [3.63, 3.8) is 0 Å². The van der Waals surface area contributed by atoms with Gasteiger partial charge in [-0.25, -0.2) is 15.0 Å². The molecule has 0 aliphatic rings. The Kier molecular flexibility index (Phi) is 12.2. The van der Waals surface area contributed by atoms with Crippen molar-refractivity contribution in [2.45, 2.75) is 55.4 Å². The molecule has 3 aromatic heterocycles. The monoisotopic (exact) mass is 1060 g/mol. The zero-order chi connectivity index (χ0) is 55.9. The molecule has 0 fully saturated rings. The maximum atomic E-state index is 5.39. The highest BCUT2D eigenvalue weighted by Gasteiger charge is 2.22. The summed E-state index contributed by atoms with van der Waals surface area (Å²) in [5.41, 5.74) is 28.6. The van der Waals surface area contributed by atoms with E-state index in [0.717, 1.165) is 50.1 Å². The summed E-state index contributed by atoms with van der Waals surface area (Å²) in [6.07, 6.45) is 0. The van der Waals surface area contributed by atoms with Gasteiger partial charge in [0.25, 0.3) is 0 Å². The molecule has 0 aliphatic carbocycles. The first-order valence-corrected chi connectivity index (χ1v) is 28.4. The highest BCUT2D eigenvalue weighted by Crippen LogP contribution is 2.43. The van der Waals surface area contributed by atoms with Gasteiger partial charge in [-0.2, -0.15) is 0 Å². The Labute approximate surface area is 479 Å². The van der Waals surface area contributed by atoms with Gasteiger partial charge in [0.15, 0.2) is 17.5 Å². The molecule has 0 bridgehead atoms. The van der Waals surface area contributed by atoms with Crippen molar-refractivity contribution < 1.29 is 0 Å². The summed E-state index contributed by atoms with van der Waals surface area (Å²) >= 11 is 0. The summed E-state index contributed by atoms with van der Waals surface area (Å²) in [7, 11) is 0. The molecule has 0 N–H and O–H groups in total. The van der Waals surface area contributed by atoms with Gasteiger partial charge in [-0.1, -0.05) is 202 Å². The van der Waals surface area contributed by atoms with Crippen LogP contribution in [0.15, 0.2) is 224 Å². The molecule has 11 aromatic carbocycles. The van der Waals surface area contributed by atoms with E-state index in [2.05, 4.69) is 253 Å². The Bertz CT molecular complexity index is 4280. The number of hydrogen-bond acceptors (Lipinski definition) is 3. The number of fused-ring (bicyclic) bond motifs is 6. The molecule has 5 nitrogen and oxygen atoms in total. The Hall–Kier alpha value is -9.97. The fourth-order valence-corrected chi connectivity index (χ4v) is 12.8. The molecule has 0 radical (unpaired) electrons. The molecule has 0 spiro atoms. The zero-order valence-corrected chi connectivity index (χ0v) is 47.6. The van der Waals surface area contributed by atoms with Crippen molar-refractivity contribution in [2.75, 3.05) is 0 Å². The molecule has 3 heterocycles. The highest BCUT2D eigenvalue weighted by atomic mass is 15.0. The molecule has 0 amide bonds. The minimum atomic E-state index is 0.584. The van der Waals surface area contributed by atoms with Gasteiger partial charge in [-0.15, -0.1) is 0 Å². The Morgan fingerprint density at radius 3 is 0.732 bits per heavy atom. The fraction of sp³-hybridized carbons (Fsp3) is 0.104. The molecule has 394 valence electrons. The van der Waals surface area contributed by atoms with Gasteiger partial charge in [-0.3, -0.25) is 0 Å². The van der Waals surface area contributed by atoms with Crippen LogP contribution in [0.4, 0.5) is 0 Å². The van der Waals surface area contributed by atoms with Crippen LogP contribution < -0.4 is 0 Å². The van der Waals surface area contributed by atoms with Crippen LogP contribution in [0, 0.1) is 55.4 Å².